The maximum absolute atomic E-state index is 12.2. The van der Waals surface area contributed by atoms with E-state index in [4.69, 9.17) is 4.74 Å². The molecule has 0 bridgehead atoms. The molecule has 0 radical (unpaired) electrons. The van der Waals surface area contributed by atoms with Crippen LogP contribution in [-0.4, -0.2) is 60.1 Å². The quantitative estimate of drug-likeness (QED) is 0.724. The topological polar surface area (TPSA) is 32.8 Å². The molecular formula is C16H30N2O2. The number of nitrogens with zero attached hydrogens (tertiary/aromatic N) is 2. The van der Waals surface area contributed by atoms with Gasteiger partial charge in [0.15, 0.2) is 0 Å². The highest BCUT2D eigenvalue weighted by molar-refractivity contribution is 5.76. The summed E-state index contributed by atoms with van der Waals surface area (Å²) in [5.41, 5.74) is -0.374. The molecule has 0 spiro atoms. The van der Waals surface area contributed by atoms with Crippen molar-refractivity contribution in [3.8, 4) is 0 Å². The Balaban J connectivity index is 1.73. The van der Waals surface area contributed by atoms with E-state index in [1.165, 1.54) is 38.9 Å². The van der Waals surface area contributed by atoms with Crippen LogP contribution >= 0.6 is 0 Å². The minimum Gasteiger partial charge on any atom is -0.459 e. The molecule has 4 nitrogen and oxygen atoms in total. The van der Waals surface area contributed by atoms with E-state index < -0.39 is 0 Å². The predicted molar refractivity (Wildman–Crippen MR) is 80.7 cm³/mol. The van der Waals surface area contributed by atoms with Crippen LogP contribution in [0.15, 0.2) is 0 Å². The summed E-state index contributed by atoms with van der Waals surface area (Å²) in [5.74, 6) is -0.0313. The summed E-state index contributed by atoms with van der Waals surface area (Å²) in [5, 5.41) is 0. The summed E-state index contributed by atoms with van der Waals surface area (Å²) in [6.07, 6.45) is 5.94. The lowest BCUT2D eigenvalue weighted by molar-refractivity contribution is -0.160. The first-order valence-electron chi connectivity index (χ1n) is 8.15. The van der Waals surface area contributed by atoms with Crippen molar-refractivity contribution in [1.82, 2.24) is 9.80 Å². The molecule has 2 rings (SSSR count). The highest BCUT2D eigenvalue weighted by Crippen LogP contribution is 2.21. The van der Waals surface area contributed by atoms with Gasteiger partial charge in [0.2, 0.25) is 0 Å². The van der Waals surface area contributed by atoms with E-state index in [0.29, 0.717) is 0 Å². The number of esters is 1. The molecule has 4 heteroatoms. The number of carbonyl (C=O) groups excluding carboxylic acids is 1. The molecule has 2 heterocycles. The van der Waals surface area contributed by atoms with Gasteiger partial charge in [-0.1, -0.05) is 0 Å². The Morgan fingerprint density at radius 2 is 1.80 bits per heavy atom. The summed E-state index contributed by atoms with van der Waals surface area (Å²) in [4.78, 5) is 17.1. The number of hydrogen-bond acceptors (Lipinski definition) is 4. The Morgan fingerprint density at radius 3 is 2.45 bits per heavy atom. The summed E-state index contributed by atoms with van der Waals surface area (Å²) >= 11 is 0. The maximum Gasteiger partial charge on any atom is 0.323 e. The largest absolute Gasteiger partial charge is 0.459 e. The van der Waals surface area contributed by atoms with E-state index in [9.17, 15) is 4.79 Å². The second-order valence-electron chi connectivity index (χ2n) is 7.13. The predicted octanol–water partition coefficient (Wildman–Crippen LogP) is 2.28. The van der Waals surface area contributed by atoms with Crippen molar-refractivity contribution in [3.05, 3.63) is 0 Å². The zero-order valence-electron chi connectivity index (χ0n) is 13.4. The normalized spacial score (nSPS) is 25.2. The Kier molecular flexibility index (Phi) is 5.44. The van der Waals surface area contributed by atoms with Crippen molar-refractivity contribution < 1.29 is 9.53 Å². The average molecular weight is 282 g/mol. The molecule has 1 atom stereocenters. The van der Waals surface area contributed by atoms with Gasteiger partial charge in [0, 0.05) is 6.54 Å². The third-order valence-electron chi connectivity index (χ3n) is 4.16. The third kappa shape index (κ3) is 4.74. The molecular weight excluding hydrogens is 252 g/mol. The summed E-state index contributed by atoms with van der Waals surface area (Å²) in [6.45, 7) is 11.6. The summed E-state index contributed by atoms with van der Waals surface area (Å²) in [7, 11) is 0. The van der Waals surface area contributed by atoms with Crippen molar-refractivity contribution in [2.24, 2.45) is 0 Å². The number of carbonyl (C=O) groups is 1. The molecule has 2 saturated heterocycles. The number of likely N-dealkylation sites (tertiary alicyclic amines) is 2. The van der Waals surface area contributed by atoms with E-state index in [-0.39, 0.29) is 17.6 Å². The number of ether oxygens (including phenoxy) is 1. The van der Waals surface area contributed by atoms with Crippen molar-refractivity contribution in [1.29, 1.82) is 0 Å². The van der Waals surface area contributed by atoms with Crippen LogP contribution < -0.4 is 0 Å². The molecule has 0 amide bonds. The van der Waals surface area contributed by atoms with Gasteiger partial charge in [0.1, 0.15) is 11.6 Å². The monoisotopic (exact) mass is 282 g/mol. The van der Waals surface area contributed by atoms with Crippen LogP contribution in [-0.2, 0) is 9.53 Å². The number of hydrogen-bond donors (Lipinski definition) is 0. The molecule has 0 aromatic heterocycles. The van der Waals surface area contributed by atoms with Crippen LogP contribution in [0.1, 0.15) is 52.9 Å². The standard InChI is InChI=1S/C16H30N2O2/c1-16(2,3)20-15(19)14-8-6-12-18(14)13-7-11-17-9-4-5-10-17/h14H,4-13H2,1-3H3/t14-/m0/s1. The van der Waals surface area contributed by atoms with Gasteiger partial charge in [-0.05, 0) is 79.1 Å². The molecule has 0 aliphatic carbocycles. The van der Waals surface area contributed by atoms with Crippen LogP contribution in [0.3, 0.4) is 0 Å². The van der Waals surface area contributed by atoms with Crippen LogP contribution in [0.5, 0.6) is 0 Å². The van der Waals surface area contributed by atoms with Crippen molar-refractivity contribution in [3.63, 3.8) is 0 Å². The summed E-state index contributed by atoms with van der Waals surface area (Å²) < 4.78 is 5.54. The first-order valence-corrected chi connectivity index (χ1v) is 8.15. The second-order valence-corrected chi connectivity index (χ2v) is 7.13. The van der Waals surface area contributed by atoms with Gasteiger partial charge in [-0.2, -0.15) is 0 Å². The lowest BCUT2D eigenvalue weighted by Crippen LogP contribution is -2.41. The molecule has 116 valence electrons. The van der Waals surface area contributed by atoms with Crippen LogP contribution in [0.4, 0.5) is 0 Å². The van der Waals surface area contributed by atoms with E-state index in [1.54, 1.807) is 0 Å². The Hall–Kier alpha value is -0.610. The molecule has 0 aromatic rings. The van der Waals surface area contributed by atoms with Gasteiger partial charge in [-0.3, -0.25) is 9.69 Å². The molecule has 2 fully saturated rings. The third-order valence-corrected chi connectivity index (χ3v) is 4.16. The second kappa shape index (κ2) is 6.90. The fraction of sp³-hybridized carbons (Fsp3) is 0.938. The molecule has 0 N–H and O–H groups in total. The molecule has 2 aliphatic heterocycles. The minimum absolute atomic E-state index is 0.00666. The molecule has 0 aromatic carbocycles. The first kappa shape index (κ1) is 15.8. The van der Waals surface area contributed by atoms with Gasteiger partial charge >= 0.3 is 5.97 Å². The molecule has 0 unspecified atom stereocenters. The van der Waals surface area contributed by atoms with E-state index in [1.807, 2.05) is 20.8 Å². The number of rotatable bonds is 5. The Morgan fingerprint density at radius 1 is 1.10 bits per heavy atom. The lowest BCUT2D eigenvalue weighted by atomic mass is 10.1. The SMILES string of the molecule is CC(C)(C)OC(=O)[C@@H]1CCCN1CCCN1CCCC1. The molecule has 20 heavy (non-hydrogen) atoms. The molecule has 0 saturated carbocycles. The summed E-state index contributed by atoms with van der Waals surface area (Å²) in [6, 6.07) is -0.00666. The smallest absolute Gasteiger partial charge is 0.323 e. The van der Waals surface area contributed by atoms with E-state index >= 15 is 0 Å². The minimum atomic E-state index is -0.374. The van der Waals surface area contributed by atoms with Gasteiger partial charge in [-0.25, -0.2) is 0 Å². The average Bonchev–Trinajstić information content (AvgIpc) is 2.97. The van der Waals surface area contributed by atoms with Gasteiger partial charge in [0.05, 0.1) is 0 Å². The van der Waals surface area contributed by atoms with Gasteiger partial charge in [0.25, 0.3) is 0 Å². The van der Waals surface area contributed by atoms with Crippen molar-refractivity contribution in [2.75, 3.05) is 32.7 Å². The van der Waals surface area contributed by atoms with Crippen LogP contribution in [0.25, 0.3) is 0 Å². The zero-order valence-corrected chi connectivity index (χ0v) is 13.4. The van der Waals surface area contributed by atoms with Crippen molar-refractivity contribution >= 4 is 5.97 Å². The lowest BCUT2D eigenvalue weighted by Gasteiger charge is -2.27. The Bertz CT molecular complexity index is 319. The Labute approximate surface area is 123 Å². The van der Waals surface area contributed by atoms with Crippen molar-refractivity contribution in [2.45, 2.75) is 64.5 Å². The fourth-order valence-corrected chi connectivity index (χ4v) is 3.23. The molecule has 2 aliphatic rings. The van der Waals surface area contributed by atoms with Gasteiger partial charge < -0.3 is 9.64 Å². The maximum atomic E-state index is 12.2. The van der Waals surface area contributed by atoms with E-state index in [2.05, 4.69) is 9.80 Å². The van der Waals surface area contributed by atoms with E-state index in [0.717, 1.165) is 25.9 Å². The zero-order chi connectivity index (χ0) is 14.6. The van der Waals surface area contributed by atoms with Crippen LogP contribution in [0, 0.1) is 0 Å². The highest BCUT2D eigenvalue weighted by atomic mass is 16.6. The van der Waals surface area contributed by atoms with Gasteiger partial charge in [-0.15, -0.1) is 0 Å². The first-order chi connectivity index (χ1) is 9.46. The van der Waals surface area contributed by atoms with Crippen LogP contribution in [0.2, 0.25) is 0 Å². The highest BCUT2D eigenvalue weighted by Gasteiger charge is 2.33. The fourth-order valence-electron chi connectivity index (χ4n) is 3.23.